The highest BCUT2D eigenvalue weighted by atomic mass is 28.4. The van der Waals surface area contributed by atoms with Gasteiger partial charge in [0.1, 0.15) is 23.8 Å². The Bertz CT molecular complexity index is 1710. The first-order chi connectivity index (χ1) is 20.9. The summed E-state index contributed by atoms with van der Waals surface area (Å²) < 4.78 is 8.97. The van der Waals surface area contributed by atoms with Crippen molar-refractivity contribution in [3.8, 4) is 0 Å². The molecule has 1 saturated heterocycles. The maximum atomic E-state index is 13.2. The highest BCUT2D eigenvalue weighted by Crippen LogP contribution is 2.47. The molecule has 4 atom stereocenters. The number of carbonyl (C=O) groups excluding carboxylic acids is 1. The van der Waals surface area contributed by atoms with Crippen molar-refractivity contribution in [2.45, 2.75) is 95.5 Å². The smallest absolute Gasteiger partial charge is 0.234 e. The van der Waals surface area contributed by atoms with Crippen LogP contribution in [0.5, 0.6) is 0 Å². The summed E-state index contributed by atoms with van der Waals surface area (Å²) in [5.41, 5.74) is 3.11. The lowest BCUT2D eigenvalue weighted by molar-refractivity contribution is -0.117. The summed E-state index contributed by atoms with van der Waals surface area (Å²) >= 11 is 0. The largest absolute Gasteiger partial charge is 0.412 e. The van der Waals surface area contributed by atoms with Crippen LogP contribution in [0.1, 0.15) is 87.1 Å². The molecule has 7 rings (SSSR count). The van der Waals surface area contributed by atoms with Gasteiger partial charge in [0.2, 0.25) is 11.7 Å². The summed E-state index contributed by atoms with van der Waals surface area (Å²) in [6, 6.07) is 3.67. The van der Waals surface area contributed by atoms with Crippen molar-refractivity contribution in [2.24, 2.45) is 5.92 Å². The Morgan fingerprint density at radius 3 is 2.64 bits per heavy atom. The number of aromatic nitrogens is 7. The highest BCUT2D eigenvalue weighted by molar-refractivity contribution is 6.74. The SMILES string of the molecule is Cc1ccnc(C2CC2C(=O)Nc2cc(N3C[C@@H](O[Si](C)(C)C(C)(C)C)C[C@@H]3c3cn4cc(C5CC5)cnc4n3)ncn2)n1. The molecule has 1 N–H and O–H groups in total. The fraction of sp³-hybridized carbons (Fsp3) is 0.531. The Morgan fingerprint density at radius 1 is 1.07 bits per heavy atom. The molecule has 4 aromatic heterocycles. The third kappa shape index (κ3) is 5.72. The van der Waals surface area contributed by atoms with Crippen LogP contribution in [-0.2, 0) is 9.22 Å². The van der Waals surface area contributed by atoms with Gasteiger partial charge in [0, 0.05) is 61.3 Å². The zero-order valence-corrected chi connectivity index (χ0v) is 27.4. The number of rotatable bonds is 8. The van der Waals surface area contributed by atoms with E-state index in [0.29, 0.717) is 24.1 Å². The Labute approximate surface area is 259 Å². The van der Waals surface area contributed by atoms with Crippen LogP contribution in [0, 0.1) is 12.8 Å². The third-order valence-electron chi connectivity index (χ3n) is 9.74. The van der Waals surface area contributed by atoms with E-state index in [1.807, 2.05) is 25.3 Å². The molecule has 2 aliphatic carbocycles. The summed E-state index contributed by atoms with van der Waals surface area (Å²) in [5.74, 6) is 3.07. The zero-order valence-electron chi connectivity index (χ0n) is 26.4. The molecule has 0 spiro atoms. The molecule has 1 amide bonds. The normalized spacial score (nSPS) is 23.7. The number of imidazole rings is 1. The van der Waals surface area contributed by atoms with Crippen LogP contribution in [0.4, 0.5) is 11.6 Å². The summed E-state index contributed by atoms with van der Waals surface area (Å²) in [5, 5.41) is 3.12. The van der Waals surface area contributed by atoms with Gasteiger partial charge in [0.15, 0.2) is 8.32 Å². The first kappa shape index (κ1) is 29.0. The maximum Gasteiger partial charge on any atom is 0.234 e. The number of nitrogens with one attached hydrogen (secondary N) is 1. The monoisotopic (exact) mass is 611 g/mol. The van der Waals surface area contributed by atoms with E-state index in [9.17, 15) is 4.79 Å². The van der Waals surface area contributed by atoms with Gasteiger partial charge in [-0.3, -0.25) is 9.20 Å². The van der Waals surface area contributed by atoms with E-state index < -0.39 is 8.32 Å². The molecule has 0 radical (unpaired) electrons. The first-order valence-corrected chi connectivity index (χ1v) is 18.6. The number of hydrogen-bond acceptors (Lipinski definition) is 9. The van der Waals surface area contributed by atoms with Crippen LogP contribution in [0.3, 0.4) is 0 Å². The van der Waals surface area contributed by atoms with Gasteiger partial charge in [-0.05, 0) is 61.9 Å². The minimum atomic E-state index is -2.02. The second-order valence-electron chi connectivity index (χ2n) is 14.2. The van der Waals surface area contributed by atoms with E-state index in [-0.39, 0.29) is 34.9 Å². The first-order valence-electron chi connectivity index (χ1n) is 15.7. The van der Waals surface area contributed by atoms with Crippen LogP contribution in [-0.4, -0.2) is 61.2 Å². The fourth-order valence-corrected chi connectivity index (χ4v) is 7.28. The van der Waals surface area contributed by atoms with Crippen molar-refractivity contribution in [2.75, 3.05) is 16.8 Å². The number of aryl methyl sites for hydroxylation is 1. The minimum Gasteiger partial charge on any atom is -0.412 e. The van der Waals surface area contributed by atoms with Gasteiger partial charge in [-0.1, -0.05) is 20.8 Å². The molecule has 0 bridgehead atoms. The third-order valence-corrected chi connectivity index (χ3v) is 14.3. The predicted molar refractivity (Wildman–Crippen MR) is 170 cm³/mol. The summed E-state index contributed by atoms with van der Waals surface area (Å²) in [7, 11) is -2.02. The lowest BCUT2D eigenvalue weighted by Gasteiger charge is -2.38. The fourth-order valence-electron chi connectivity index (χ4n) is 5.93. The Kier molecular flexibility index (Phi) is 7.04. The molecule has 2 unspecified atom stereocenters. The lowest BCUT2D eigenvalue weighted by atomic mass is 10.1. The van der Waals surface area contributed by atoms with Crippen LogP contribution in [0.2, 0.25) is 18.1 Å². The molecule has 5 heterocycles. The predicted octanol–water partition coefficient (Wildman–Crippen LogP) is 5.58. The molecule has 12 heteroatoms. The van der Waals surface area contributed by atoms with Gasteiger partial charge in [-0.15, -0.1) is 0 Å². The molecular weight excluding hydrogens is 570 g/mol. The number of nitrogens with zero attached hydrogens (tertiary/aromatic N) is 8. The van der Waals surface area contributed by atoms with E-state index in [0.717, 1.165) is 35.9 Å². The molecule has 44 heavy (non-hydrogen) atoms. The van der Waals surface area contributed by atoms with E-state index in [1.165, 1.54) is 24.7 Å². The number of amides is 1. The Balaban J connectivity index is 1.14. The highest BCUT2D eigenvalue weighted by Gasteiger charge is 2.47. The number of anilines is 2. The minimum absolute atomic E-state index is 0.0234. The average Bonchev–Trinajstić information content (AvgIpc) is 3.89. The lowest BCUT2D eigenvalue weighted by Crippen LogP contribution is -2.44. The van der Waals surface area contributed by atoms with Crippen LogP contribution in [0.25, 0.3) is 5.78 Å². The molecule has 1 aliphatic heterocycles. The van der Waals surface area contributed by atoms with Gasteiger partial charge in [-0.2, -0.15) is 0 Å². The molecule has 4 aromatic rings. The van der Waals surface area contributed by atoms with Gasteiger partial charge >= 0.3 is 0 Å². The number of hydrogen-bond donors (Lipinski definition) is 1. The number of fused-ring (bicyclic) bond motifs is 1. The molecule has 0 aromatic carbocycles. The summed E-state index contributed by atoms with van der Waals surface area (Å²) in [4.78, 5) is 43.0. The second kappa shape index (κ2) is 10.7. The Hall–Kier alpha value is -3.77. The van der Waals surface area contributed by atoms with Gasteiger partial charge in [0.05, 0.1) is 17.8 Å². The van der Waals surface area contributed by atoms with Crippen LogP contribution < -0.4 is 10.2 Å². The van der Waals surface area contributed by atoms with Crippen molar-refractivity contribution in [1.82, 2.24) is 34.3 Å². The van der Waals surface area contributed by atoms with E-state index in [1.54, 1.807) is 6.20 Å². The quantitative estimate of drug-likeness (QED) is 0.254. The topological polar surface area (TPSA) is 123 Å². The average molecular weight is 612 g/mol. The standard InChI is InChI=1S/C32H41N9O2Si/c1-19-9-10-33-29(37-19)23-12-24(23)30(42)39-27-13-28(36-18-35-27)41-16-22(43-44(5,6)32(2,3)4)11-26(41)25-17-40-15-21(20-7-8-20)14-34-31(40)38-25/h9-10,13-15,17-18,20,22-24,26H,7-8,11-12,16H2,1-6H3,(H,35,36,39,42)/t22-,23?,24?,26+/m0/s1. The molecular formula is C32H41N9O2Si. The van der Waals surface area contributed by atoms with Crippen molar-refractivity contribution in [3.05, 3.63) is 66.0 Å². The van der Waals surface area contributed by atoms with Crippen LogP contribution >= 0.6 is 0 Å². The summed E-state index contributed by atoms with van der Waals surface area (Å²) in [6.45, 7) is 14.0. The summed E-state index contributed by atoms with van der Waals surface area (Å²) in [6.07, 6.45) is 13.5. The molecule has 230 valence electrons. The zero-order chi connectivity index (χ0) is 30.8. The van der Waals surface area contributed by atoms with Crippen molar-refractivity contribution >= 4 is 31.6 Å². The second-order valence-corrected chi connectivity index (χ2v) is 19.0. The van der Waals surface area contributed by atoms with E-state index in [2.05, 4.69) is 85.8 Å². The molecule has 3 fully saturated rings. The van der Waals surface area contributed by atoms with E-state index >= 15 is 0 Å². The molecule has 2 saturated carbocycles. The maximum absolute atomic E-state index is 13.2. The van der Waals surface area contributed by atoms with Crippen LogP contribution in [0.15, 0.2) is 43.2 Å². The van der Waals surface area contributed by atoms with Gasteiger partial charge < -0.3 is 14.6 Å². The van der Waals surface area contributed by atoms with Crippen molar-refractivity contribution in [1.29, 1.82) is 0 Å². The molecule has 11 nitrogen and oxygen atoms in total. The van der Waals surface area contributed by atoms with Crippen molar-refractivity contribution in [3.63, 3.8) is 0 Å². The number of carbonyl (C=O) groups is 1. The van der Waals surface area contributed by atoms with E-state index in [4.69, 9.17) is 9.41 Å². The van der Waals surface area contributed by atoms with Crippen molar-refractivity contribution < 1.29 is 9.22 Å². The molecule has 3 aliphatic rings. The van der Waals surface area contributed by atoms with Gasteiger partial charge in [0.25, 0.3) is 0 Å². The van der Waals surface area contributed by atoms with Gasteiger partial charge in [-0.25, -0.2) is 29.9 Å². The Morgan fingerprint density at radius 2 is 1.89 bits per heavy atom.